The molecule has 2 atom stereocenters. The maximum absolute atomic E-state index is 12.2. The largest absolute Gasteiger partial charge is 0.369 e. The number of aliphatic imine (C=N–C) groups is 1. The summed E-state index contributed by atoms with van der Waals surface area (Å²) in [6.07, 6.45) is 2.96. The second-order valence-electron chi connectivity index (χ2n) is 7.63. The van der Waals surface area contributed by atoms with E-state index >= 15 is 0 Å². The highest BCUT2D eigenvalue weighted by molar-refractivity contribution is 6.12. The summed E-state index contributed by atoms with van der Waals surface area (Å²) in [5.41, 5.74) is 3.99. The minimum atomic E-state index is -0.315. The molecule has 1 amide bonds. The van der Waals surface area contributed by atoms with Gasteiger partial charge in [0, 0.05) is 49.8 Å². The van der Waals surface area contributed by atoms with Crippen LogP contribution in [0, 0.1) is 0 Å². The van der Waals surface area contributed by atoms with Gasteiger partial charge in [-0.15, -0.1) is 0 Å². The first-order valence-electron chi connectivity index (χ1n) is 10.2. The van der Waals surface area contributed by atoms with Crippen molar-refractivity contribution in [2.75, 3.05) is 36.4 Å². The highest BCUT2D eigenvalue weighted by Crippen LogP contribution is 2.31. The molecule has 0 spiro atoms. The van der Waals surface area contributed by atoms with Crippen molar-refractivity contribution in [2.45, 2.75) is 32.2 Å². The van der Waals surface area contributed by atoms with Gasteiger partial charge in [-0.2, -0.15) is 0 Å². The maximum Gasteiger partial charge on any atom is 0.237 e. The Kier molecular flexibility index (Phi) is 5.44. The van der Waals surface area contributed by atoms with Gasteiger partial charge in [-0.05, 0) is 49.2 Å². The highest BCUT2D eigenvalue weighted by atomic mass is 16.2. The molecule has 28 heavy (non-hydrogen) atoms. The number of nitrogens with one attached hydrogen (secondary N) is 1. The number of nitrogens with zero attached hydrogens (tertiary/aromatic N) is 3. The molecular weight excluding hydrogens is 348 g/mol. The number of carbonyl (C=O) groups is 1. The molecule has 2 aliphatic heterocycles. The molecule has 0 radical (unpaired) electrons. The fourth-order valence-electron chi connectivity index (χ4n) is 3.97. The van der Waals surface area contributed by atoms with E-state index < -0.39 is 0 Å². The van der Waals surface area contributed by atoms with Gasteiger partial charge in [0.2, 0.25) is 5.91 Å². The zero-order valence-electron chi connectivity index (χ0n) is 16.6. The topological polar surface area (TPSA) is 47.9 Å². The van der Waals surface area contributed by atoms with Gasteiger partial charge in [0.05, 0.1) is 5.69 Å². The SMILES string of the molecule is CCC(C)N1CCN(c2ccc(N=CC3C(=O)Nc4ccccc43)cc2)CC1. The van der Waals surface area contributed by atoms with Crippen LogP contribution in [0.3, 0.4) is 0 Å². The average Bonchev–Trinajstić information content (AvgIpc) is 3.07. The van der Waals surface area contributed by atoms with Crippen LogP contribution in [0.15, 0.2) is 53.5 Å². The number of anilines is 2. The minimum Gasteiger partial charge on any atom is -0.369 e. The summed E-state index contributed by atoms with van der Waals surface area (Å²) in [4.78, 5) is 21.8. The normalized spacial score (nSPS) is 21.0. The summed E-state index contributed by atoms with van der Waals surface area (Å²) in [5, 5.41) is 2.91. The van der Waals surface area contributed by atoms with Gasteiger partial charge in [-0.25, -0.2) is 0 Å². The first kappa shape index (κ1) is 18.7. The van der Waals surface area contributed by atoms with Crippen LogP contribution in [-0.2, 0) is 4.79 Å². The Labute approximate surface area is 167 Å². The number of hydrogen-bond acceptors (Lipinski definition) is 4. The summed E-state index contributed by atoms with van der Waals surface area (Å²) >= 11 is 0. The quantitative estimate of drug-likeness (QED) is 0.801. The Hall–Kier alpha value is -2.66. The third-order valence-corrected chi connectivity index (χ3v) is 5.95. The van der Waals surface area contributed by atoms with Crippen molar-refractivity contribution in [3.05, 3.63) is 54.1 Å². The lowest BCUT2D eigenvalue weighted by atomic mass is 10.0. The van der Waals surface area contributed by atoms with Crippen molar-refractivity contribution < 1.29 is 4.79 Å². The number of hydrogen-bond donors (Lipinski definition) is 1. The standard InChI is InChI=1S/C23H28N4O/c1-3-17(2)26-12-14-27(15-13-26)19-10-8-18(9-11-19)24-16-21-20-6-4-5-7-22(20)25-23(21)28/h4-11,16-17,21H,3,12-15H2,1-2H3,(H,25,28). The zero-order valence-corrected chi connectivity index (χ0v) is 16.6. The van der Waals surface area contributed by atoms with Crippen LogP contribution >= 0.6 is 0 Å². The molecule has 4 rings (SSSR count). The predicted octanol–water partition coefficient (Wildman–Crippen LogP) is 4.05. The number of para-hydroxylation sites is 1. The average molecular weight is 377 g/mol. The molecule has 2 aliphatic rings. The van der Waals surface area contributed by atoms with Crippen LogP contribution in [0.5, 0.6) is 0 Å². The van der Waals surface area contributed by atoms with Crippen molar-refractivity contribution in [2.24, 2.45) is 4.99 Å². The van der Waals surface area contributed by atoms with Gasteiger partial charge < -0.3 is 10.2 Å². The van der Waals surface area contributed by atoms with Crippen LogP contribution in [-0.4, -0.2) is 49.2 Å². The van der Waals surface area contributed by atoms with Crippen LogP contribution < -0.4 is 10.2 Å². The Morgan fingerprint density at radius 1 is 1.11 bits per heavy atom. The van der Waals surface area contributed by atoms with E-state index in [1.807, 2.05) is 36.4 Å². The summed E-state index contributed by atoms with van der Waals surface area (Å²) < 4.78 is 0. The fourth-order valence-corrected chi connectivity index (χ4v) is 3.97. The Morgan fingerprint density at radius 2 is 1.82 bits per heavy atom. The second kappa shape index (κ2) is 8.15. The molecule has 2 aromatic rings. The van der Waals surface area contributed by atoms with Gasteiger partial charge in [0.1, 0.15) is 5.92 Å². The van der Waals surface area contributed by atoms with Crippen LogP contribution in [0.2, 0.25) is 0 Å². The number of amides is 1. The molecule has 0 aliphatic carbocycles. The number of fused-ring (bicyclic) bond motifs is 1. The van der Waals surface area contributed by atoms with Gasteiger partial charge in [-0.3, -0.25) is 14.7 Å². The summed E-state index contributed by atoms with van der Waals surface area (Å²) in [5.74, 6) is -0.328. The van der Waals surface area contributed by atoms with Crippen LogP contribution in [0.4, 0.5) is 17.1 Å². The van der Waals surface area contributed by atoms with E-state index in [0.29, 0.717) is 6.04 Å². The molecule has 0 aromatic heterocycles. The van der Waals surface area contributed by atoms with Gasteiger partial charge >= 0.3 is 0 Å². The Balaban J connectivity index is 1.39. The number of carbonyl (C=O) groups excluding carboxylic acids is 1. The molecular formula is C23H28N4O. The van der Waals surface area contributed by atoms with E-state index in [0.717, 1.165) is 43.1 Å². The molecule has 2 heterocycles. The predicted molar refractivity (Wildman–Crippen MR) is 116 cm³/mol. The van der Waals surface area contributed by atoms with Crippen molar-refractivity contribution in [1.29, 1.82) is 0 Å². The zero-order chi connectivity index (χ0) is 19.5. The van der Waals surface area contributed by atoms with E-state index in [1.165, 1.54) is 12.1 Å². The summed E-state index contributed by atoms with van der Waals surface area (Å²) in [6.45, 7) is 8.92. The first-order valence-corrected chi connectivity index (χ1v) is 10.2. The van der Waals surface area contributed by atoms with E-state index in [2.05, 4.69) is 46.1 Å². The fraction of sp³-hybridized carbons (Fsp3) is 0.391. The van der Waals surface area contributed by atoms with Crippen LogP contribution in [0.1, 0.15) is 31.7 Å². The maximum atomic E-state index is 12.2. The van der Waals surface area contributed by atoms with Gasteiger partial charge in [-0.1, -0.05) is 25.1 Å². The van der Waals surface area contributed by atoms with Gasteiger partial charge in [0.15, 0.2) is 0 Å². The molecule has 5 nitrogen and oxygen atoms in total. The van der Waals surface area contributed by atoms with Crippen LogP contribution in [0.25, 0.3) is 0 Å². The first-order chi connectivity index (χ1) is 13.7. The summed E-state index contributed by atoms with van der Waals surface area (Å²) in [6, 6.07) is 16.8. The molecule has 0 saturated carbocycles. The molecule has 1 fully saturated rings. The number of benzene rings is 2. The smallest absolute Gasteiger partial charge is 0.237 e. The van der Waals surface area contributed by atoms with E-state index in [1.54, 1.807) is 6.21 Å². The van der Waals surface area contributed by atoms with Gasteiger partial charge in [0.25, 0.3) is 0 Å². The minimum absolute atomic E-state index is 0.0132. The third kappa shape index (κ3) is 3.80. The van der Waals surface area contributed by atoms with Crippen molar-refractivity contribution in [3.8, 4) is 0 Å². The lowest BCUT2D eigenvalue weighted by molar-refractivity contribution is -0.115. The van der Waals surface area contributed by atoms with Crippen molar-refractivity contribution in [3.63, 3.8) is 0 Å². The molecule has 1 saturated heterocycles. The van der Waals surface area contributed by atoms with Crippen molar-refractivity contribution in [1.82, 2.24) is 4.90 Å². The van der Waals surface area contributed by atoms with E-state index in [9.17, 15) is 4.79 Å². The highest BCUT2D eigenvalue weighted by Gasteiger charge is 2.28. The molecule has 0 bridgehead atoms. The number of piperazine rings is 1. The second-order valence-corrected chi connectivity index (χ2v) is 7.63. The third-order valence-electron chi connectivity index (χ3n) is 5.95. The van der Waals surface area contributed by atoms with E-state index in [4.69, 9.17) is 0 Å². The molecule has 2 unspecified atom stereocenters. The monoisotopic (exact) mass is 376 g/mol. The molecule has 146 valence electrons. The number of rotatable bonds is 5. The Bertz CT molecular complexity index is 853. The Morgan fingerprint density at radius 3 is 2.54 bits per heavy atom. The van der Waals surface area contributed by atoms with E-state index in [-0.39, 0.29) is 11.8 Å². The molecule has 5 heteroatoms. The molecule has 1 N–H and O–H groups in total. The summed E-state index contributed by atoms with van der Waals surface area (Å²) in [7, 11) is 0. The lowest BCUT2D eigenvalue weighted by Crippen LogP contribution is -2.49. The lowest BCUT2D eigenvalue weighted by Gasteiger charge is -2.39. The van der Waals surface area contributed by atoms with Crippen molar-refractivity contribution >= 4 is 29.2 Å². The molecule has 2 aromatic carbocycles.